The van der Waals surface area contributed by atoms with Crippen LogP contribution in [-0.2, 0) is 4.74 Å². The van der Waals surface area contributed by atoms with Crippen molar-refractivity contribution in [2.24, 2.45) is 5.92 Å². The van der Waals surface area contributed by atoms with Crippen LogP contribution < -0.4 is 0 Å². The molecule has 0 N–H and O–H groups in total. The van der Waals surface area contributed by atoms with E-state index in [2.05, 4.69) is 11.9 Å². The fourth-order valence-electron chi connectivity index (χ4n) is 2.24. The van der Waals surface area contributed by atoms with E-state index >= 15 is 0 Å². The summed E-state index contributed by atoms with van der Waals surface area (Å²) in [7, 11) is 1.67. The SMILES string of the molecule is COC1CN(C(=O)c2nc(Cl)ccc2Cl)CCC1C. The molecule has 0 aliphatic carbocycles. The number of aromatic nitrogens is 1. The standard InChI is InChI=1S/C13H16Cl2N2O2/c1-8-5-6-17(7-10(8)19-2)13(18)12-9(14)3-4-11(15)16-12/h3-4,8,10H,5-7H2,1-2H3. The van der Waals surface area contributed by atoms with Crippen molar-refractivity contribution in [2.75, 3.05) is 20.2 Å². The van der Waals surface area contributed by atoms with Crippen molar-refractivity contribution in [3.8, 4) is 0 Å². The first-order valence-corrected chi connectivity index (χ1v) is 6.92. The van der Waals surface area contributed by atoms with Crippen LogP contribution in [0.25, 0.3) is 0 Å². The summed E-state index contributed by atoms with van der Waals surface area (Å²) in [5.41, 5.74) is 0.207. The lowest BCUT2D eigenvalue weighted by molar-refractivity contribution is -0.00176. The van der Waals surface area contributed by atoms with Crippen LogP contribution in [-0.4, -0.2) is 42.1 Å². The molecule has 0 bridgehead atoms. The summed E-state index contributed by atoms with van der Waals surface area (Å²) in [6.45, 7) is 3.37. The van der Waals surface area contributed by atoms with Gasteiger partial charge in [-0.05, 0) is 24.5 Å². The molecule has 1 amide bonds. The Hall–Kier alpha value is -0.840. The molecule has 2 rings (SSSR count). The fraction of sp³-hybridized carbons (Fsp3) is 0.538. The number of hydrogen-bond donors (Lipinski definition) is 0. The molecule has 19 heavy (non-hydrogen) atoms. The Bertz CT molecular complexity index is 482. The Labute approximate surface area is 122 Å². The maximum Gasteiger partial charge on any atom is 0.274 e. The van der Waals surface area contributed by atoms with Gasteiger partial charge in [0.2, 0.25) is 0 Å². The van der Waals surface area contributed by atoms with Gasteiger partial charge in [0.05, 0.1) is 11.1 Å². The smallest absolute Gasteiger partial charge is 0.274 e. The van der Waals surface area contributed by atoms with Gasteiger partial charge in [0.1, 0.15) is 10.8 Å². The summed E-state index contributed by atoms with van der Waals surface area (Å²) in [5.74, 6) is 0.248. The number of hydrogen-bond acceptors (Lipinski definition) is 3. The van der Waals surface area contributed by atoms with Gasteiger partial charge in [0.15, 0.2) is 0 Å². The normalized spacial score (nSPS) is 23.5. The van der Waals surface area contributed by atoms with E-state index in [4.69, 9.17) is 27.9 Å². The largest absolute Gasteiger partial charge is 0.379 e. The van der Waals surface area contributed by atoms with Gasteiger partial charge in [-0.2, -0.15) is 0 Å². The molecule has 1 aliphatic heterocycles. The number of pyridine rings is 1. The van der Waals surface area contributed by atoms with Crippen LogP contribution in [0.2, 0.25) is 10.2 Å². The number of carbonyl (C=O) groups is 1. The van der Waals surface area contributed by atoms with Crippen molar-refractivity contribution >= 4 is 29.1 Å². The number of likely N-dealkylation sites (tertiary alicyclic amines) is 1. The van der Waals surface area contributed by atoms with Crippen molar-refractivity contribution in [1.82, 2.24) is 9.88 Å². The summed E-state index contributed by atoms with van der Waals surface area (Å²) in [5, 5.41) is 0.586. The number of piperidine rings is 1. The maximum atomic E-state index is 12.4. The number of halogens is 2. The van der Waals surface area contributed by atoms with Gasteiger partial charge in [-0.15, -0.1) is 0 Å². The zero-order valence-corrected chi connectivity index (χ0v) is 12.4. The summed E-state index contributed by atoms with van der Waals surface area (Å²) in [6, 6.07) is 3.15. The number of amides is 1. The van der Waals surface area contributed by atoms with Crippen molar-refractivity contribution in [1.29, 1.82) is 0 Å². The quantitative estimate of drug-likeness (QED) is 0.789. The van der Waals surface area contributed by atoms with Crippen molar-refractivity contribution in [2.45, 2.75) is 19.4 Å². The van der Waals surface area contributed by atoms with Crippen molar-refractivity contribution < 1.29 is 9.53 Å². The van der Waals surface area contributed by atoms with Crippen LogP contribution in [0, 0.1) is 5.92 Å². The molecule has 1 aromatic rings. The predicted octanol–water partition coefficient (Wildman–Crippen LogP) is 2.89. The number of methoxy groups -OCH3 is 1. The number of carbonyl (C=O) groups excluding carboxylic acids is 1. The third kappa shape index (κ3) is 3.19. The minimum absolute atomic E-state index is 0.0515. The molecular weight excluding hydrogens is 287 g/mol. The third-order valence-electron chi connectivity index (χ3n) is 3.49. The highest BCUT2D eigenvalue weighted by Gasteiger charge is 2.30. The minimum atomic E-state index is -0.193. The van der Waals surface area contributed by atoms with Gasteiger partial charge in [0, 0.05) is 20.2 Å². The van der Waals surface area contributed by atoms with E-state index in [0.29, 0.717) is 24.0 Å². The average molecular weight is 303 g/mol. The van der Waals surface area contributed by atoms with Gasteiger partial charge in [-0.1, -0.05) is 30.1 Å². The van der Waals surface area contributed by atoms with Gasteiger partial charge < -0.3 is 9.64 Å². The molecule has 0 saturated carbocycles. The molecular formula is C13H16Cl2N2O2. The van der Waals surface area contributed by atoms with Crippen molar-refractivity contribution in [3.05, 3.63) is 28.0 Å². The number of nitrogens with zero attached hydrogens (tertiary/aromatic N) is 2. The molecule has 1 aromatic heterocycles. The van der Waals surface area contributed by atoms with Gasteiger partial charge >= 0.3 is 0 Å². The zero-order chi connectivity index (χ0) is 14.0. The zero-order valence-electron chi connectivity index (χ0n) is 10.9. The lowest BCUT2D eigenvalue weighted by Gasteiger charge is -2.36. The van der Waals surface area contributed by atoms with E-state index in [1.54, 1.807) is 24.1 Å². The second kappa shape index (κ2) is 6.07. The van der Waals surface area contributed by atoms with E-state index in [1.165, 1.54) is 0 Å². The fourth-order valence-corrected chi connectivity index (χ4v) is 2.58. The third-order valence-corrected chi connectivity index (χ3v) is 4.01. The van der Waals surface area contributed by atoms with E-state index in [-0.39, 0.29) is 22.9 Å². The van der Waals surface area contributed by atoms with Gasteiger partial charge in [-0.25, -0.2) is 4.98 Å². The van der Waals surface area contributed by atoms with E-state index in [1.807, 2.05) is 0 Å². The summed E-state index contributed by atoms with van der Waals surface area (Å²) < 4.78 is 5.40. The minimum Gasteiger partial charge on any atom is -0.379 e. The first-order chi connectivity index (χ1) is 9.02. The van der Waals surface area contributed by atoms with Crippen molar-refractivity contribution in [3.63, 3.8) is 0 Å². The molecule has 6 heteroatoms. The van der Waals surface area contributed by atoms with E-state index in [0.717, 1.165) is 6.42 Å². The van der Waals surface area contributed by atoms with E-state index in [9.17, 15) is 4.79 Å². The molecule has 0 radical (unpaired) electrons. The number of ether oxygens (including phenoxy) is 1. The number of rotatable bonds is 2. The van der Waals surface area contributed by atoms with Crippen LogP contribution in [0.5, 0.6) is 0 Å². The van der Waals surface area contributed by atoms with E-state index < -0.39 is 0 Å². The first-order valence-electron chi connectivity index (χ1n) is 6.17. The molecule has 0 spiro atoms. The highest BCUT2D eigenvalue weighted by molar-refractivity contribution is 6.34. The van der Waals surface area contributed by atoms with Crippen LogP contribution >= 0.6 is 23.2 Å². The molecule has 0 aromatic carbocycles. The summed E-state index contributed by atoms with van der Waals surface area (Å²) >= 11 is 11.8. The predicted molar refractivity (Wildman–Crippen MR) is 74.7 cm³/mol. The molecule has 2 atom stereocenters. The Morgan fingerprint density at radius 3 is 2.89 bits per heavy atom. The summed E-state index contributed by atoms with van der Waals surface area (Å²) in [4.78, 5) is 18.1. The van der Waals surface area contributed by atoms with Gasteiger partial charge in [0.25, 0.3) is 5.91 Å². The molecule has 1 fully saturated rings. The Morgan fingerprint density at radius 2 is 2.21 bits per heavy atom. The highest BCUT2D eigenvalue weighted by Crippen LogP contribution is 2.23. The first kappa shape index (κ1) is 14.6. The lowest BCUT2D eigenvalue weighted by Crippen LogP contribution is -2.46. The maximum absolute atomic E-state index is 12.4. The van der Waals surface area contributed by atoms with Crippen LogP contribution in [0.1, 0.15) is 23.8 Å². The Kier molecular flexibility index (Phi) is 4.66. The lowest BCUT2D eigenvalue weighted by atomic mass is 9.95. The van der Waals surface area contributed by atoms with Gasteiger partial charge in [-0.3, -0.25) is 4.79 Å². The Balaban J connectivity index is 2.18. The average Bonchev–Trinajstić information content (AvgIpc) is 2.41. The second-order valence-corrected chi connectivity index (χ2v) is 5.55. The van der Waals surface area contributed by atoms with Crippen LogP contribution in [0.15, 0.2) is 12.1 Å². The van der Waals surface area contributed by atoms with Crippen LogP contribution in [0.4, 0.5) is 0 Å². The highest BCUT2D eigenvalue weighted by atomic mass is 35.5. The molecule has 2 heterocycles. The monoisotopic (exact) mass is 302 g/mol. The molecule has 1 saturated heterocycles. The Morgan fingerprint density at radius 1 is 1.47 bits per heavy atom. The molecule has 2 unspecified atom stereocenters. The van der Waals surface area contributed by atoms with Crippen LogP contribution in [0.3, 0.4) is 0 Å². The molecule has 1 aliphatic rings. The second-order valence-electron chi connectivity index (χ2n) is 4.76. The topological polar surface area (TPSA) is 42.4 Å². The summed E-state index contributed by atoms with van der Waals surface area (Å²) in [6.07, 6.45) is 0.957. The molecule has 104 valence electrons. The molecule has 4 nitrogen and oxygen atoms in total.